The fraction of sp³-hybridized carbons (Fsp3) is 0.895. The molecule has 5 aliphatic rings. The van der Waals surface area contributed by atoms with Crippen LogP contribution < -0.4 is 21.7 Å². The summed E-state index contributed by atoms with van der Waals surface area (Å²) in [6.07, 6.45) is -36.6. The number of rotatable bonds is 17. The smallest absolute Gasteiger partial charge is 0.302 e. The molecule has 5 heterocycles. The first kappa shape index (κ1) is 55.9. The monoisotopic (exact) mass is 992 g/mol. The molecule has 30 nitrogen and oxygen atoms in total. The standard InChI is InChI=1S/C38H64N4O26/c1-10(47)40-20-25(53)30(65-35-19(39)24(52)23(51)18(64-35)9-59-13(4)50)15(6-44)61-36(20)66-31-16(7-45)62-37(21(26(31)54)41-11(2)48)67-32-17(8-46)63-38(22(27(32)55)42-12(3)49)68-33-14(5-43)60-34(58)29(57)28(33)56/h14-38,43-46,51-58H,5-9,39H2,1-4H3,(H,40,47)(H,41,48)(H,42,49)/t14-,15-,16-,17-,18-,19-,20-,21-,22-,23-,24-,25-,26-,27-,28-,29-,30-,31-,32-,33-,34?,35+,36+,37+,38+/m1/s1. The number of amides is 3. The second-order valence-corrected chi connectivity index (χ2v) is 16.9. The lowest BCUT2D eigenvalue weighted by atomic mass is 9.93. The van der Waals surface area contributed by atoms with Crippen molar-refractivity contribution in [3.63, 3.8) is 0 Å². The van der Waals surface area contributed by atoms with Crippen LogP contribution in [0.5, 0.6) is 0 Å². The summed E-state index contributed by atoms with van der Waals surface area (Å²) < 4.78 is 57.3. The zero-order valence-electron chi connectivity index (χ0n) is 37.1. The first-order chi connectivity index (χ1) is 32.1. The van der Waals surface area contributed by atoms with E-state index < -0.39 is 210 Å². The number of carbonyl (C=O) groups is 4. The second-order valence-electron chi connectivity index (χ2n) is 16.9. The van der Waals surface area contributed by atoms with Crippen molar-refractivity contribution in [2.24, 2.45) is 5.73 Å². The Kier molecular flexibility index (Phi) is 20.1. The van der Waals surface area contributed by atoms with E-state index in [9.17, 15) is 80.5 Å². The fourth-order valence-electron chi connectivity index (χ4n) is 8.49. The molecule has 0 spiro atoms. The normalized spacial score (nSPS) is 45.5. The van der Waals surface area contributed by atoms with Crippen LogP contribution in [0.2, 0.25) is 0 Å². The van der Waals surface area contributed by atoms with Crippen LogP contribution in [0.4, 0.5) is 0 Å². The van der Waals surface area contributed by atoms with Crippen molar-refractivity contribution in [1.29, 1.82) is 0 Å². The van der Waals surface area contributed by atoms with Crippen LogP contribution >= 0.6 is 0 Å². The van der Waals surface area contributed by atoms with E-state index in [1.54, 1.807) is 0 Å². The van der Waals surface area contributed by atoms with Gasteiger partial charge in [-0.15, -0.1) is 0 Å². The number of hydrogen-bond acceptors (Lipinski definition) is 27. The zero-order chi connectivity index (χ0) is 50.5. The fourth-order valence-corrected chi connectivity index (χ4v) is 8.49. The average molecular weight is 993 g/mol. The zero-order valence-corrected chi connectivity index (χ0v) is 37.1. The van der Waals surface area contributed by atoms with E-state index in [0.29, 0.717) is 0 Å². The van der Waals surface area contributed by atoms with E-state index in [1.807, 2.05) is 0 Å². The molecule has 5 rings (SSSR count). The van der Waals surface area contributed by atoms with E-state index in [4.69, 9.17) is 53.1 Å². The molecule has 5 saturated heterocycles. The van der Waals surface area contributed by atoms with Crippen LogP contribution in [0.3, 0.4) is 0 Å². The van der Waals surface area contributed by atoms with Crippen molar-refractivity contribution in [1.82, 2.24) is 16.0 Å². The number of nitrogens with one attached hydrogen (secondary N) is 3. The van der Waals surface area contributed by atoms with Gasteiger partial charge in [-0.05, 0) is 0 Å². The second kappa shape index (κ2) is 24.4. The Balaban J connectivity index is 1.37. The van der Waals surface area contributed by atoms with E-state index in [0.717, 1.165) is 27.7 Å². The minimum absolute atomic E-state index is 0.542. The predicted octanol–water partition coefficient (Wildman–Crippen LogP) is -11.0. The van der Waals surface area contributed by atoms with Gasteiger partial charge < -0.3 is 130 Å². The number of nitrogens with two attached hydrogens (primary N) is 1. The van der Waals surface area contributed by atoms with Gasteiger partial charge in [-0.2, -0.15) is 0 Å². The van der Waals surface area contributed by atoms with Gasteiger partial charge in [0.25, 0.3) is 0 Å². The van der Waals surface area contributed by atoms with Crippen molar-refractivity contribution in [3.05, 3.63) is 0 Å². The summed E-state index contributed by atoms with van der Waals surface area (Å²) in [5, 5.41) is 136. The van der Waals surface area contributed by atoms with Crippen molar-refractivity contribution < 1.29 is 128 Å². The third kappa shape index (κ3) is 12.7. The number of ether oxygens (including phenoxy) is 10. The maximum Gasteiger partial charge on any atom is 0.302 e. The molecule has 25 atom stereocenters. The molecule has 0 bridgehead atoms. The lowest BCUT2D eigenvalue weighted by Crippen LogP contribution is -2.72. The highest BCUT2D eigenvalue weighted by molar-refractivity contribution is 5.74. The van der Waals surface area contributed by atoms with E-state index in [2.05, 4.69) is 16.0 Å². The molecule has 0 aliphatic carbocycles. The van der Waals surface area contributed by atoms with E-state index in [1.165, 1.54) is 0 Å². The molecule has 3 amide bonds. The summed E-state index contributed by atoms with van der Waals surface area (Å²) in [6.45, 7) is -0.0354. The Labute approximate surface area is 387 Å². The van der Waals surface area contributed by atoms with Gasteiger partial charge in [-0.1, -0.05) is 0 Å². The minimum Gasteiger partial charge on any atom is -0.463 e. The summed E-state index contributed by atoms with van der Waals surface area (Å²) in [6, 6.07) is -6.47. The first-order valence-electron chi connectivity index (χ1n) is 21.5. The molecule has 0 saturated carbocycles. The Morgan fingerprint density at radius 3 is 1.10 bits per heavy atom. The quantitative estimate of drug-likeness (QED) is 0.0602. The van der Waals surface area contributed by atoms with Gasteiger partial charge in [0.2, 0.25) is 17.7 Å². The van der Waals surface area contributed by atoms with Gasteiger partial charge >= 0.3 is 5.97 Å². The Hall–Kier alpha value is -3.00. The molecule has 17 N–H and O–H groups in total. The summed E-state index contributed by atoms with van der Waals surface area (Å²) in [5.74, 6) is -3.08. The van der Waals surface area contributed by atoms with E-state index >= 15 is 0 Å². The SMILES string of the molecule is CC(=O)N[C@H]1[C@H](O[C@H]2[C@H](O)[C@@H](NC(C)=O)[C@H](O[C@H]3[C@H](O)[C@@H](NC(C)=O)[C@H](O[C@H]4[C@H](O)[C@@H](O)C(O)O[C@@H]4CO)O[C@@H]3CO)O[C@@H]2CO)O[C@H](CO)[C@@H](O[C@@H]2O[C@H](COC(C)=O)[C@@H](O)[C@H](O)[C@H]2N)[C@@H]1O. The van der Waals surface area contributed by atoms with Gasteiger partial charge in [-0.25, -0.2) is 0 Å². The number of aliphatic hydroxyl groups is 12. The highest BCUT2D eigenvalue weighted by Crippen LogP contribution is 2.36. The largest absolute Gasteiger partial charge is 0.463 e. The van der Waals surface area contributed by atoms with Crippen molar-refractivity contribution in [2.75, 3.05) is 33.0 Å². The van der Waals surface area contributed by atoms with Gasteiger partial charge in [-0.3, -0.25) is 19.2 Å². The number of carbonyl (C=O) groups excluding carboxylic acids is 4. The van der Waals surface area contributed by atoms with Crippen LogP contribution in [0.25, 0.3) is 0 Å². The highest BCUT2D eigenvalue weighted by atomic mass is 16.8. The van der Waals surface area contributed by atoms with Crippen LogP contribution in [0.1, 0.15) is 27.7 Å². The topological polar surface area (TPSA) is 465 Å². The van der Waals surface area contributed by atoms with Crippen molar-refractivity contribution in [3.8, 4) is 0 Å². The van der Waals surface area contributed by atoms with Gasteiger partial charge in [0.1, 0.15) is 122 Å². The molecule has 68 heavy (non-hydrogen) atoms. The van der Waals surface area contributed by atoms with Gasteiger partial charge in [0.15, 0.2) is 31.5 Å². The molecule has 0 aromatic rings. The van der Waals surface area contributed by atoms with E-state index in [-0.39, 0.29) is 0 Å². The lowest BCUT2D eigenvalue weighted by molar-refractivity contribution is -0.369. The third-order valence-electron chi connectivity index (χ3n) is 11.9. The first-order valence-corrected chi connectivity index (χ1v) is 21.5. The highest BCUT2D eigenvalue weighted by Gasteiger charge is 2.57. The summed E-state index contributed by atoms with van der Waals surface area (Å²) in [7, 11) is 0. The summed E-state index contributed by atoms with van der Waals surface area (Å²) >= 11 is 0. The van der Waals surface area contributed by atoms with Crippen LogP contribution in [-0.4, -0.2) is 271 Å². The minimum atomic E-state index is -1.98. The van der Waals surface area contributed by atoms with Gasteiger partial charge in [0.05, 0.1) is 32.5 Å². The molecular formula is C38H64N4O26. The average Bonchev–Trinajstić information content (AvgIpc) is 3.28. The molecule has 0 aromatic heterocycles. The Morgan fingerprint density at radius 1 is 0.441 bits per heavy atom. The summed E-state index contributed by atoms with van der Waals surface area (Å²) in [4.78, 5) is 48.9. The molecule has 5 aliphatic heterocycles. The van der Waals surface area contributed by atoms with Crippen LogP contribution in [0.15, 0.2) is 0 Å². The number of hydrogen-bond donors (Lipinski definition) is 16. The number of aliphatic hydroxyl groups excluding tert-OH is 12. The maximum atomic E-state index is 12.6. The molecule has 0 radical (unpaired) electrons. The predicted molar refractivity (Wildman–Crippen MR) is 213 cm³/mol. The van der Waals surface area contributed by atoms with Crippen molar-refractivity contribution >= 4 is 23.7 Å². The van der Waals surface area contributed by atoms with Crippen molar-refractivity contribution in [2.45, 2.75) is 181 Å². The van der Waals surface area contributed by atoms with Gasteiger partial charge in [0, 0.05) is 27.7 Å². The molecule has 30 heteroatoms. The summed E-state index contributed by atoms with van der Waals surface area (Å²) in [5.41, 5.74) is 6.08. The Bertz CT molecular complexity index is 1670. The van der Waals surface area contributed by atoms with Crippen LogP contribution in [-0.2, 0) is 66.5 Å². The lowest BCUT2D eigenvalue weighted by Gasteiger charge is -2.51. The number of esters is 1. The third-order valence-corrected chi connectivity index (χ3v) is 11.9. The molecule has 5 fully saturated rings. The molecule has 0 aromatic carbocycles. The maximum absolute atomic E-state index is 12.6. The molecule has 392 valence electrons. The molecule has 1 unspecified atom stereocenters. The Morgan fingerprint density at radius 2 is 0.765 bits per heavy atom. The van der Waals surface area contributed by atoms with Crippen LogP contribution in [0, 0.1) is 0 Å². The molecular weight excluding hydrogens is 928 g/mol.